The first kappa shape index (κ1) is 19.5. The zero-order chi connectivity index (χ0) is 18.8. The molecule has 0 aromatic heterocycles. The number of hydrogen-bond acceptors (Lipinski definition) is 3. The molecule has 0 saturated carbocycles. The number of hydrogen-bond donors (Lipinski definition) is 2. The van der Waals surface area contributed by atoms with Crippen molar-refractivity contribution in [3.05, 3.63) is 54.1 Å². The van der Waals surface area contributed by atoms with Gasteiger partial charge in [-0.25, -0.2) is 0 Å². The summed E-state index contributed by atoms with van der Waals surface area (Å²) >= 11 is 0. The fourth-order valence-electron chi connectivity index (χ4n) is 2.33. The van der Waals surface area contributed by atoms with Crippen LogP contribution in [0.5, 0.6) is 5.75 Å². The van der Waals surface area contributed by atoms with Gasteiger partial charge in [0.1, 0.15) is 5.75 Å². The maximum atomic E-state index is 12.3. The van der Waals surface area contributed by atoms with Crippen LogP contribution < -0.4 is 15.4 Å². The molecule has 0 aliphatic rings. The van der Waals surface area contributed by atoms with Crippen LogP contribution in [0.1, 0.15) is 49.9 Å². The van der Waals surface area contributed by atoms with Crippen LogP contribution in [0.4, 0.5) is 11.4 Å². The topological polar surface area (TPSA) is 67.4 Å². The van der Waals surface area contributed by atoms with Crippen molar-refractivity contribution in [3.8, 4) is 5.75 Å². The Bertz CT molecular complexity index is 709. The van der Waals surface area contributed by atoms with Gasteiger partial charge in [0, 0.05) is 23.4 Å². The summed E-state index contributed by atoms with van der Waals surface area (Å²) in [6.07, 6.45) is 3.78. The molecule has 2 aromatic carbocycles. The second-order valence-corrected chi connectivity index (χ2v) is 6.01. The van der Waals surface area contributed by atoms with Crippen molar-refractivity contribution >= 4 is 23.2 Å². The molecule has 5 nitrogen and oxygen atoms in total. The second-order valence-electron chi connectivity index (χ2n) is 6.01. The van der Waals surface area contributed by atoms with Crippen LogP contribution >= 0.6 is 0 Å². The minimum Gasteiger partial charge on any atom is -0.494 e. The maximum absolute atomic E-state index is 12.3. The molecule has 26 heavy (non-hydrogen) atoms. The molecule has 0 aliphatic heterocycles. The summed E-state index contributed by atoms with van der Waals surface area (Å²) in [5.41, 5.74) is 1.94. The lowest BCUT2D eigenvalue weighted by Crippen LogP contribution is -2.12. The van der Waals surface area contributed by atoms with Crippen molar-refractivity contribution in [2.75, 3.05) is 17.2 Å². The molecule has 0 aliphatic carbocycles. The molecule has 0 unspecified atom stereocenters. The Morgan fingerprint density at radius 3 is 2.04 bits per heavy atom. The quantitative estimate of drug-likeness (QED) is 0.632. The van der Waals surface area contributed by atoms with Crippen molar-refractivity contribution < 1.29 is 14.3 Å². The number of anilines is 2. The van der Waals surface area contributed by atoms with E-state index in [9.17, 15) is 9.59 Å². The van der Waals surface area contributed by atoms with Crippen LogP contribution in [0, 0.1) is 0 Å². The third kappa shape index (κ3) is 6.24. The lowest BCUT2D eigenvalue weighted by atomic mass is 10.2. The summed E-state index contributed by atoms with van der Waals surface area (Å²) in [5, 5.41) is 5.61. The van der Waals surface area contributed by atoms with E-state index in [1.54, 1.807) is 43.3 Å². The first-order valence-corrected chi connectivity index (χ1v) is 9.06. The highest BCUT2D eigenvalue weighted by Crippen LogP contribution is 2.17. The van der Waals surface area contributed by atoms with Crippen molar-refractivity contribution in [1.82, 2.24) is 0 Å². The summed E-state index contributed by atoms with van der Waals surface area (Å²) in [5.74, 6) is 0.542. The Morgan fingerprint density at radius 2 is 1.46 bits per heavy atom. The summed E-state index contributed by atoms with van der Waals surface area (Å²) < 4.78 is 5.65. The highest BCUT2D eigenvalue weighted by Gasteiger charge is 2.07. The number of carbonyl (C=O) groups is 2. The van der Waals surface area contributed by atoms with Crippen LogP contribution in [-0.4, -0.2) is 18.4 Å². The van der Waals surface area contributed by atoms with E-state index in [0.717, 1.165) is 25.0 Å². The van der Waals surface area contributed by atoms with Gasteiger partial charge in [0.05, 0.1) is 6.61 Å². The van der Waals surface area contributed by atoms with E-state index in [1.807, 2.05) is 12.1 Å². The van der Waals surface area contributed by atoms with E-state index in [0.29, 0.717) is 30.0 Å². The molecule has 0 saturated heterocycles. The minimum absolute atomic E-state index is 0.0428. The largest absolute Gasteiger partial charge is 0.494 e. The third-order valence-electron chi connectivity index (χ3n) is 3.88. The van der Waals surface area contributed by atoms with E-state index < -0.39 is 0 Å². The lowest BCUT2D eigenvalue weighted by molar-refractivity contribution is -0.115. The Labute approximate surface area is 154 Å². The molecule has 2 N–H and O–H groups in total. The molecule has 0 radical (unpaired) electrons. The van der Waals surface area contributed by atoms with Crippen LogP contribution in [0.25, 0.3) is 0 Å². The molecule has 0 bridgehead atoms. The molecule has 2 rings (SSSR count). The number of carbonyl (C=O) groups excluding carboxylic acids is 2. The number of amides is 2. The zero-order valence-electron chi connectivity index (χ0n) is 15.4. The summed E-state index contributed by atoms with van der Waals surface area (Å²) in [6.45, 7) is 4.65. The van der Waals surface area contributed by atoms with Crippen LogP contribution in [0.2, 0.25) is 0 Å². The van der Waals surface area contributed by atoms with E-state index >= 15 is 0 Å². The van der Waals surface area contributed by atoms with E-state index in [4.69, 9.17) is 4.74 Å². The predicted octanol–water partition coefficient (Wildman–Crippen LogP) is 4.86. The van der Waals surface area contributed by atoms with Crippen molar-refractivity contribution in [3.63, 3.8) is 0 Å². The summed E-state index contributed by atoms with van der Waals surface area (Å²) in [6, 6.07) is 14.2. The van der Waals surface area contributed by atoms with Crippen LogP contribution in [0.15, 0.2) is 48.5 Å². The van der Waals surface area contributed by atoms with Gasteiger partial charge >= 0.3 is 0 Å². The van der Waals surface area contributed by atoms with Gasteiger partial charge in [-0.15, -0.1) is 0 Å². The van der Waals surface area contributed by atoms with Crippen LogP contribution in [-0.2, 0) is 4.79 Å². The molecule has 0 heterocycles. The third-order valence-corrected chi connectivity index (χ3v) is 3.88. The predicted molar refractivity (Wildman–Crippen MR) is 105 cm³/mol. The lowest BCUT2D eigenvalue weighted by Gasteiger charge is -2.09. The van der Waals surface area contributed by atoms with Gasteiger partial charge in [-0.3, -0.25) is 9.59 Å². The first-order chi connectivity index (χ1) is 12.6. The summed E-state index contributed by atoms with van der Waals surface area (Å²) in [7, 11) is 0. The van der Waals surface area contributed by atoms with E-state index in [-0.39, 0.29) is 11.8 Å². The Morgan fingerprint density at radius 1 is 0.846 bits per heavy atom. The molecule has 2 amide bonds. The molecule has 2 aromatic rings. The zero-order valence-corrected chi connectivity index (χ0v) is 15.4. The smallest absolute Gasteiger partial charge is 0.255 e. The van der Waals surface area contributed by atoms with Crippen LogP contribution in [0.3, 0.4) is 0 Å². The van der Waals surface area contributed by atoms with Gasteiger partial charge in [0.15, 0.2) is 0 Å². The second kappa shape index (κ2) is 10.2. The standard InChI is InChI=1S/C21H26N2O3/c1-3-5-6-15-26-19-13-7-16(8-14-19)21(25)23-18-11-9-17(10-12-18)22-20(24)4-2/h7-14H,3-6,15H2,1-2H3,(H,22,24)(H,23,25). The molecule has 138 valence electrons. The molecule has 0 atom stereocenters. The van der Waals surface area contributed by atoms with Gasteiger partial charge in [-0.2, -0.15) is 0 Å². The SMILES string of the molecule is CCCCCOc1ccc(C(=O)Nc2ccc(NC(=O)CC)cc2)cc1. The summed E-state index contributed by atoms with van der Waals surface area (Å²) in [4.78, 5) is 23.7. The Hall–Kier alpha value is -2.82. The normalized spacial score (nSPS) is 10.2. The van der Waals surface area contributed by atoms with Gasteiger partial charge < -0.3 is 15.4 Å². The number of benzene rings is 2. The van der Waals surface area contributed by atoms with Gasteiger partial charge in [0.2, 0.25) is 5.91 Å². The van der Waals surface area contributed by atoms with Gasteiger partial charge in [0.25, 0.3) is 5.91 Å². The average Bonchev–Trinajstić information content (AvgIpc) is 2.67. The molecule has 5 heteroatoms. The van der Waals surface area contributed by atoms with Crippen molar-refractivity contribution in [2.24, 2.45) is 0 Å². The monoisotopic (exact) mass is 354 g/mol. The van der Waals surface area contributed by atoms with Crippen molar-refractivity contribution in [2.45, 2.75) is 39.5 Å². The molecular formula is C21H26N2O3. The molecule has 0 fully saturated rings. The number of unbranched alkanes of at least 4 members (excludes halogenated alkanes) is 2. The Balaban J connectivity index is 1.87. The number of nitrogens with one attached hydrogen (secondary N) is 2. The molecule has 0 spiro atoms. The van der Waals surface area contributed by atoms with Gasteiger partial charge in [-0.05, 0) is 55.0 Å². The number of rotatable bonds is 9. The highest BCUT2D eigenvalue weighted by molar-refractivity contribution is 6.04. The minimum atomic E-state index is -0.187. The highest BCUT2D eigenvalue weighted by atomic mass is 16.5. The molecular weight excluding hydrogens is 328 g/mol. The Kier molecular flexibility index (Phi) is 7.68. The fraction of sp³-hybridized carbons (Fsp3) is 0.333. The first-order valence-electron chi connectivity index (χ1n) is 9.06. The number of ether oxygens (including phenoxy) is 1. The van der Waals surface area contributed by atoms with Crippen molar-refractivity contribution in [1.29, 1.82) is 0 Å². The maximum Gasteiger partial charge on any atom is 0.255 e. The average molecular weight is 354 g/mol. The van der Waals surface area contributed by atoms with E-state index in [1.165, 1.54) is 0 Å². The fourth-order valence-corrected chi connectivity index (χ4v) is 2.33. The van der Waals surface area contributed by atoms with E-state index in [2.05, 4.69) is 17.6 Å². The van der Waals surface area contributed by atoms with Gasteiger partial charge in [-0.1, -0.05) is 26.7 Å².